The molecule has 9 heteroatoms. The number of pyridine rings is 1. The van der Waals surface area contributed by atoms with Gasteiger partial charge in [0.25, 0.3) is 5.91 Å². The number of hydroxylamine groups is 1. The Hall–Kier alpha value is -3.62. The second kappa shape index (κ2) is 8.63. The van der Waals surface area contributed by atoms with Crippen molar-refractivity contribution in [3.05, 3.63) is 65.4 Å². The van der Waals surface area contributed by atoms with Crippen LogP contribution in [0.3, 0.4) is 0 Å². The summed E-state index contributed by atoms with van der Waals surface area (Å²) in [4.78, 5) is 25.8. The molecule has 2 aromatic heterocycles. The number of nitrogens with one attached hydrogen (secondary N) is 2. The standard InChI is InChI=1S/C22H20ClN5O3/c1-28-18-10-5-4-8-15(18)26-21(28)13-7-6-9-16(20(13)30-2)25-17-11-19(23)24-12-14(17)22(29)27-31-3/h4-12H,1-3H3,(H,24,25)(H,27,29). The van der Waals surface area contributed by atoms with Crippen LogP contribution in [-0.4, -0.2) is 34.7 Å². The van der Waals surface area contributed by atoms with E-state index in [1.807, 2.05) is 54.1 Å². The van der Waals surface area contributed by atoms with Crippen molar-refractivity contribution in [3.63, 3.8) is 0 Å². The number of carbonyl (C=O) groups excluding carboxylic acids is 1. The summed E-state index contributed by atoms with van der Waals surface area (Å²) in [7, 11) is 4.91. The number of aryl methyl sites for hydroxylation is 1. The molecule has 4 aromatic rings. The number of imidazole rings is 1. The van der Waals surface area contributed by atoms with Gasteiger partial charge in [-0.2, -0.15) is 0 Å². The van der Waals surface area contributed by atoms with Crippen molar-refractivity contribution < 1.29 is 14.4 Å². The molecule has 2 heterocycles. The summed E-state index contributed by atoms with van der Waals surface area (Å²) in [6, 6.07) is 15.1. The van der Waals surface area contributed by atoms with Crippen LogP contribution in [0.25, 0.3) is 22.4 Å². The van der Waals surface area contributed by atoms with E-state index in [1.54, 1.807) is 13.2 Å². The average Bonchev–Trinajstić information content (AvgIpc) is 3.10. The van der Waals surface area contributed by atoms with Crippen LogP contribution in [0.5, 0.6) is 5.75 Å². The van der Waals surface area contributed by atoms with E-state index in [2.05, 4.69) is 15.8 Å². The molecule has 0 unspecified atom stereocenters. The Morgan fingerprint density at radius 3 is 2.65 bits per heavy atom. The number of benzene rings is 2. The Bertz CT molecular complexity index is 1270. The summed E-state index contributed by atoms with van der Waals surface area (Å²) in [5, 5.41) is 3.47. The Balaban J connectivity index is 1.81. The van der Waals surface area contributed by atoms with E-state index in [-0.39, 0.29) is 10.7 Å². The number of hydrogen-bond donors (Lipinski definition) is 2. The first-order chi connectivity index (χ1) is 15.0. The molecule has 0 radical (unpaired) electrons. The molecule has 0 aliphatic heterocycles. The maximum atomic E-state index is 12.4. The molecule has 2 aromatic carbocycles. The van der Waals surface area contributed by atoms with Crippen LogP contribution in [-0.2, 0) is 11.9 Å². The van der Waals surface area contributed by atoms with Crippen molar-refractivity contribution in [2.24, 2.45) is 7.05 Å². The third-order valence-corrected chi connectivity index (χ3v) is 5.03. The van der Waals surface area contributed by atoms with E-state index >= 15 is 0 Å². The number of halogens is 1. The molecule has 2 N–H and O–H groups in total. The summed E-state index contributed by atoms with van der Waals surface area (Å²) in [6.45, 7) is 0. The lowest BCUT2D eigenvalue weighted by atomic mass is 10.1. The van der Waals surface area contributed by atoms with Crippen LogP contribution in [0.1, 0.15) is 10.4 Å². The number of rotatable bonds is 6. The number of carbonyl (C=O) groups is 1. The average molecular weight is 438 g/mol. The SMILES string of the molecule is CONC(=O)c1cnc(Cl)cc1Nc1cccc(-c2nc3ccccc3n2C)c1OC. The fourth-order valence-electron chi connectivity index (χ4n) is 3.42. The van der Waals surface area contributed by atoms with Crippen LogP contribution in [0.15, 0.2) is 54.7 Å². The van der Waals surface area contributed by atoms with Crippen molar-refractivity contribution in [1.29, 1.82) is 0 Å². The molecule has 0 aliphatic rings. The fourth-order valence-corrected chi connectivity index (χ4v) is 3.58. The lowest BCUT2D eigenvalue weighted by molar-refractivity contribution is 0.0538. The highest BCUT2D eigenvalue weighted by atomic mass is 35.5. The Morgan fingerprint density at radius 2 is 1.90 bits per heavy atom. The summed E-state index contributed by atoms with van der Waals surface area (Å²) in [5.41, 5.74) is 6.35. The molecule has 4 rings (SSSR count). The van der Waals surface area contributed by atoms with Gasteiger partial charge in [-0.1, -0.05) is 29.8 Å². The summed E-state index contributed by atoms with van der Waals surface area (Å²) in [5.74, 6) is 0.874. The third kappa shape index (κ3) is 3.90. The van der Waals surface area contributed by atoms with Gasteiger partial charge in [0.2, 0.25) is 0 Å². The van der Waals surface area contributed by atoms with E-state index in [4.69, 9.17) is 26.2 Å². The van der Waals surface area contributed by atoms with Crippen LogP contribution in [0.4, 0.5) is 11.4 Å². The molecule has 0 aliphatic carbocycles. The molecule has 1 amide bonds. The number of fused-ring (bicyclic) bond motifs is 1. The number of ether oxygens (including phenoxy) is 1. The van der Waals surface area contributed by atoms with Gasteiger partial charge in [0, 0.05) is 13.2 Å². The molecule has 158 valence electrons. The molecule has 31 heavy (non-hydrogen) atoms. The molecule has 0 saturated heterocycles. The molecule has 8 nitrogen and oxygen atoms in total. The van der Waals surface area contributed by atoms with Crippen molar-refractivity contribution in [3.8, 4) is 17.1 Å². The number of nitrogens with zero attached hydrogens (tertiary/aromatic N) is 3. The van der Waals surface area contributed by atoms with Gasteiger partial charge >= 0.3 is 0 Å². The highest BCUT2D eigenvalue weighted by Crippen LogP contribution is 2.39. The largest absolute Gasteiger partial charge is 0.494 e. The van der Waals surface area contributed by atoms with Gasteiger partial charge in [0.1, 0.15) is 11.0 Å². The zero-order valence-electron chi connectivity index (χ0n) is 17.1. The summed E-state index contributed by atoms with van der Waals surface area (Å²) >= 11 is 6.07. The normalized spacial score (nSPS) is 10.8. The summed E-state index contributed by atoms with van der Waals surface area (Å²) < 4.78 is 7.75. The Labute approximate surface area is 183 Å². The molecule has 0 fully saturated rings. The molecular formula is C22H20ClN5O3. The highest BCUT2D eigenvalue weighted by molar-refractivity contribution is 6.29. The maximum absolute atomic E-state index is 12.4. The van der Waals surface area contributed by atoms with Crippen molar-refractivity contribution in [1.82, 2.24) is 20.0 Å². The highest BCUT2D eigenvalue weighted by Gasteiger charge is 2.19. The van der Waals surface area contributed by atoms with Crippen LogP contribution >= 0.6 is 11.6 Å². The van der Waals surface area contributed by atoms with Gasteiger partial charge in [-0.3, -0.25) is 9.63 Å². The van der Waals surface area contributed by atoms with Gasteiger partial charge in [-0.05, 0) is 30.3 Å². The quantitative estimate of drug-likeness (QED) is 0.344. The smallest absolute Gasteiger partial charge is 0.278 e. The molecule has 0 spiro atoms. The second-order valence-corrected chi connectivity index (χ2v) is 7.07. The lowest BCUT2D eigenvalue weighted by Gasteiger charge is -2.17. The minimum absolute atomic E-state index is 0.238. The zero-order chi connectivity index (χ0) is 22.0. The van der Waals surface area contributed by atoms with E-state index in [0.29, 0.717) is 17.1 Å². The second-order valence-electron chi connectivity index (χ2n) is 6.68. The van der Waals surface area contributed by atoms with E-state index < -0.39 is 5.91 Å². The van der Waals surface area contributed by atoms with Crippen molar-refractivity contribution in [2.45, 2.75) is 0 Å². The first-order valence-corrected chi connectivity index (χ1v) is 9.76. The summed E-state index contributed by atoms with van der Waals surface area (Å²) in [6.07, 6.45) is 1.38. The monoisotopic (exact) mass is 437 g/mol. The number of methoxy groups -OCH3 is 1. The Morgan fingerprint density at radius 1 is 1.10 bits per heavy atom. The maximum Gasteiger partial charge on any atom is 0.278 e. The predicted molar refractivity (Wildman–Crippen MR) is 120 cm³/mol. The van der Waals surface area contributed by atoms with Crippen molar-refractivity contribution >= 4 is 39.9 Å². The predicted octanol–water partition coefficient (Wildman–Crippen LogP) is 4.33. The van der Waals surface area contributed by atoms with E-state index in [1.165, 1.54) is 13.3 Å². The van der Waals surface area contributed by atoms with E-state index in [9.17, 15) is 4.79 Å². The number of aromatic nitrogens is 3. The number of amides is 1. The molecule has 0 atom stereocenters. The minimum atomic E-state index is -0.459. The van der Waals surface area contributed by atoms with E-state index in [0.717, 1.165) is 22.4 Å². The lowest BCUT2D eigenvalue weighted by Crippen LogP contribution is -2.23. The fraction of sp³-hybridized carbons (Fsp3) is 0.136. The van der Waals surface area contributed by atoms with Crippen LogP contribution in [0, 0.1) is 0 Å². The third-order valence-electron chi connectivity index (χ3n) is 4.83. The van der Waals surface area contributed by atoms with Crippen LogP contribution < -0.4 is 15.5 Å². The van der Waals surface area contributed by atoms with Gasteiger partial charge in [0.05, 0.1) is 47.8 Å². The Kier molecular flexibility index (Phi) is 5.75. The molecule has 0 bridgehead atoms. The first-order valence-electron chi connectivity index (χ1n) is 9.38. The van der Waals surface area contributed by atoms with Gasteiger partial charge < -0.3 is 14.6 Å². The van der Waals surface area contributed by atoms with Gasteiger partial charge in [-0.25, -0.2) is 15.4 Å². The number of para-hydroxylation sites is 3. The van der Waals surface area contributed by atoms with Crippen molar-refractivity contribution in [2.75, 3.05) is 19.5 Å². The van der Waals surface area contributed by atoms with Gasteiger partial charge in [0.15, 0.2) is 5.75 Å². The minimum Gasteiger partial charge on any atom is -0.494 e. The number of hydrogen-bond acceptors (Lipinski definition) is 6. The first kappa shape index (κ1) is 20.6. The topological polar surface area (TPSA) is 90.3 Å². The molecular weight excluding hydrogens is 418 g/mol. The van der Waals surface area contributed by atoms with Gasteiger partial charge in [-0.15, -0.1) is 0 Å². The van der Waals surface area contributed by atoms with Crippen LogP contribution in [0.2, 0.25) is 5.15 Å². The molecule has 0 saturated carbocycles. The zero-order valence-corrected chi connectivity index (χ0v) is 17.9. The number of anilines is 2.